The lowest BCUT2D eigenvalue weighted by Crippen LogP contribution is -2.62. The van der Waals surface area contributed by atoms with E-state index in [9.17, 15) is 4.79 Å². The molecule has 2 atom stereocenters. The number of nitrogens with one attached hydrogen (secondary N) is 1. The molecule has 0 aromatic heterocycles. The molecule has 2 unspecified atom stereocenters. The van der Waals surface area contributed by atoms with E-state index in [0.29, 0.717) is 18.0 Å². The number of carbonyl (C=O) groups is 1. The molecule has 0 spiro atoms. The molecule has 0 aromatic carbocycles. The Balaban J connectivity index is 2.91. The van der Waals surface area contributed by atoms with Crippen molar-refractivity contribution in [2.45, 2.75) is 90.9 Å². The summed E-state index contributed by atoms with van der Waals surface area (Å²) in [6.07, 6.45) is 3.93. The number of rotatable bonds is 7. The monoisotopic (exact) mass is 297 g/mol. The molecule has 124 valence electrons. The van der Waals surface area contributed by atoms with Crippen LogP contribution in [0.15, 0.2) is 0 Å². The molecular weight excluding hydrogens is 262 g/mol. The van der Waals surface area contributed by atoms with Crippen LogP contribution < -0.4 is 11.1 Å². The van der Waals surface area contributed by atoms with Crippen LogP contribution >= 0.6 is 0 Å². The maximum absolute atomic E-state index is 12.1. The van der Waals surface area contributed by atoms with E-state index in [4.69, 9.17) is 5.73 Å². The molecule has 0 bridgehead atoms. The highest BCUT2D eigenvalue weighted by atomic mass is 16.1. The van der Waals surface area contributed by atoms with Crippen LogP contribution in [-0.2, 0) is 4.79 Å². The average Bonchev–Trinajstić information content (AvgIpc) is 2.34. The van der Waals surface area contributed by atoms with Gasteiger partial charge in [0.15, 0.2) is 0 Å². The molecule has 4 nitrogen and oxygen atoms in total. The van der Waals surface area contributed by atoms with Crippen LogP contribution in [-0.4, -0.2) is 41.0 Å². The first-order chi connectivity index (χ1) is 9.68. The predicted octanol–water partition coefficient (Wildman–Crippen LogP) is 2.52. The third-order valence-electron chi connectivity index (χ3n) is 4.47. The molecule has 4 heteroatoms. The summed E-state index contributed by atoms with van der Waals surface area (Å²) in [5.74, 6) is 0.449. The van der Waals surface area contributed by atoms with Gasteiger partial charge in [-0.1, -0.05) is 13.8 Å². The second kappa shape index (κ2) is 7.59. The Bertz CT molecular complexity index is 341. The number of amides is 1. The molecule has 0 heterocycles. The van der Waals surface area contributed by atoms with E-state index in [-0.39, 0.29) is 11.9 Å². The first-order valence-electron chi connectivity index (χ1n) is 8.51. The van der Waals surface area contributed by atoms with E-state index in [1.165, 1.54) is 6.42 Å². The van der Waals surface area contributed by atoms with E-state index >= 15 is 0 Å². The molecule has 0 aliphatic heterocycles. The van der Waals surface area contributed by atoms with Crippen LogP contribution in [0.5, 0.6) is 0 Å². The molecule has 1 saturated carbocycles. The van der Waals surface area contributed by atoms with Gasteiger partial charge in [0, 0.05) is 24.7 Å². The van der Waals surface area contributed by atoms with Crippen molar-refractivity contribution in [2.24, 2.45) is 11.7 Å². The van der Waals surface area contributed by atoms with Crippen LogP contribution in [0.4, 0.5) is 0 Å². The van der Waals surface area contributed by atoms with Crippen LogP contribution in [0.3, 0.4) is 0 Å². The summed E-state index contributed by atoms with van der Waals surface area (Å²) in [5.41, 5.74) is 5.24. The molecule has 0 saturated heterocycles. The summed E-state index contributed by atoms with van der Waals surface area (Å²) in [7, 11) is 0. The molecule has 1 aliphatic rings. The average molecular weight is 297 g/mol. The summed E-state index contributed by atoms with van der Waals surface area (Å²) in [6.45, 7) is 14.3. The minimum Gasteiger partial charge on any atom is -0.368 e. The van der Waals surface area contributed by atoms with Gasteiger partial charge in [0.25, 0.3) is 0 Å². The van der Waals surface area contributed by atoms with Crippen molar-refractivity contribution in [1.29, 1.82) is 0 Å². The minimum absolute atomic E-state index is 0.186. The lowest BCUT2D eigenvalue weighted by atomic mass is 9.77. The van der Waals surface area contributed by atoms with Crippen LogP contribution in [0, 0.1) is 5.92 Å². The lowest BCUT2D eigenvalue weighted by molar-refractivity contribution is -0.127. The highest BCUT2D eigenvalue weighted by molar-refractivity contribution is 5.85. The maximum atomic E-state index is 12.1. The van der Waals surface area contributed by atoms with Gasteiger partial charge >= 0.3 is 0 Å². The van der Waals surface area contributed by atoms with Crippen molar-refractivity contribution in [2.75, 3.05) is 6.54 Å². The molecule has 1 fully saturated rings. The van der Waals surface area contributed by atoms with Crippen molar-refractivity contribution in [3.8, 4) is 0 Å². The Labute approximate surface area is 130 Å². The third-order valence-corrected chi connectivity index (χ3v) is 4.47. The number of nitrogens with two attached hydrogens (primary N) is 1. The van der Waals surface area contributed by atoms with Crippen LogP contribution in [0.25, 0.3) is 0 Å². The number of primary amides is 1. The SMILES string of the molecule is CC(C)CN(C(C)C)C1CCCC(NC(C)C)(C(N)=O)C1. The van der Waals surface area contributed by atoms with Gasteiger partial charge in [-0.05, 0) is 59.3 Å². The van der Waals surface area contributed by atoms with Crippen LogP contribution in [0.2, 0.25) is 0 Å². The van der Waals surface area contributed by atoms with Crippen molar-refractivity contribution in [3.05, 3.63) is 0 Å². The van der Waals surface area contributed by atoms with Gasteiger partial charge in [0.2, 0.25) is 5.91 Å². The topological polar surface area (TPSA) is 58.4 Å². The minimum atomic E-state index is -0.527. The number of hydrogen-bond donors (Lipinski definition) is 2. The first kappa shape index (κ1) is 18.4. The molecule has 0 radical (unpaired) electrons. The fourth-order valence-corrected chi connectivity index (χ4v) is 3.71. The largest absolute Gasteiger partial charge is 0.368 e. The predicted molar refractivity (Wildman–Crippen MR) is 89.1 cm³/mol. The van der Waals surface area contributed by atoms with Gasteiger partial charge in [-0.3, -0.25) is 9.69 Å². The zero-order chi connectivity index (χ0) is 16.2. The molecule has 1 rings (SSSR count). The van der Waals surface area contributed by atoms with Gasteiger partial charge in [0.05, 0.1) is 5.54 Å². The summed E-state index contributed by atoms with van der Waals surface area (Å²) in [4.78, 5) is 14.7. The Morgan fingerprint density at radius 1 is 1.29 bits per heavy atom. The standard InChI is InChI=1S/C17H35N3O/c1-12(2)11-20(14(5)6)15-8-7-9-17(10-15,16(18)21)19-13(3)4/h12-15,19H,7-11H2,1-6H3,(H2,18,21). The van der Waals surface area contributed by atoms with Crippen molar-refractivity contribution < 1.29 is 4.79 Å². The first-order valence-corrected chi connectivity index (χ1v) is 8.51. The van der Waals surface area contributed by atoms with Gasteiger partial charge in [-0.25, -0.2) is 0 Å². The Morgan fingerprint density at radius 2 is 1.90 bits per heavy atom. The quantitative estimate of drug-likeness (QED) is 0.759. The molecule has 21 heavy (non-hydrogen) atoms. The van der Waals surface area contributed by atoms with E-state index in [2.05, 4.69) is 51.8 Å². The fourth-order valence-electron chi connectivity index (χ4n) is 3.71. The second-order valence-electron chi connectivity index (χ2n) is 7.68. The summed E-state index contributed by atoms with van der Waals surface area (Å²) in [6, 6.07) is 1.22. The van der Waals surface area contributed by atoms with Gasteiger partial charge in [-0.2, -0.15) is 0 Å². The van der Waals surface area contributed by atoms with Crippen molar-refractivity contribution >= 4 is 5.91 Å². The molecular formula is C17H35N3O. The fraction of sp³-hybridized carbons (Fsp3) is 0.941. The summed E-state index contributed by atoms with van der Waals surface area (Å²) in [5, 5.41) is 3.47. The van der Waals surface area contributed by atoms with E-state index in [1.807, 2.05) is 0 Å². The van der Waals surface area contributed by atoms with E-state index in [1.54, 1.807) is 0 Å². The third kappa shape index (κ3) is 4.96. The summed E-state index contributed by atoms with van der Waals surface area (Å²) >= 11 is 0. The van der Waals surface area contributed by atoms with Crippen LogP contribution in [0.1, 0.15) is 67.2 Å². The van der Waals surface area contributed by atoms with Gasteiger partial charge in [0.1, 0.15) is 0 Å². The molecule has 1 amide bonds. The number of hydrogen-bond acceptors (Lipinski definition) is 3. The number of nitrogens with zero attached hydrogens (tertiary/aromatic N) is 1. The second-order valence-corrected chi connectivity index (χ2v) is 7.68. The van der Waals surface area contributed by atoms with Gasteiger partial charge < -0.3 is 11.1 Å². The lowest BCUT2D eigenvalue weighted by Gasteiger charge is -2.46. The van der Waals surface area contributed by atoms with E-state index in [0.717, 1.165) is 25.8 Å². The smallest absolute Gasteiger partial charge is 0.237 e. The highest BCUT2D eigenvalue weighted by Crippen LogP contribution is 2.33. The molecule has 0 aromatic rings. The Morgan fingerprint density at radius 3 is 2.33 bits per heavy atom. The zero-order valence-corrected chi connectivity index (χ0v) is 14.8. The zero-order valence-electron chi connectivity index (χ0n) is 14.8. The van der Waals surface area contributed by atoms with Crippen molar-refractivity contribution in [1.82, 2.24) is 10.2 Å². The normalized spacial score (nSPS) is 27.0. The maximum Gasteiger partial charge on any atom is 0.237 e. The van der Waals surface area contributed by atoms with Gasteiger partial charge in [-0.15, -0.1) is 0 Å². The Kier molecular flexibility index (Phi) is 6.67. The molecule has 1 aliphatic carbocycles. The summed E-state index contributed by atoms with van der Waals surface area (Å²) < 4.78 is 0. The highest BCUT2D eigenvalue weighted by Gasteiger charge is 2.43. The van der Waals surface area contributed by atoms with E-state index < -0.39 is 5.54 Å². The van der Waals surface area contributed by atoms with Crippen molar-refractivity contribution in [3.63, 3.8) is 0 Å². The molecule has 3 N–H and O–H groups in total. The Hall–Kier alpha value is -0.610. The number of carbonyl (C=O) groups excluding carboxylic acids is 1.